The third-order valence-corrected chi connectivity index (χ3v) is 19.2. The number of carbonyl (C=O) groups is 16. The van der Waals surface area contributed by atoms with Crippen LogP contribution in [-0.4, -0.2) is 340 Å². The number of hydrogen-bond acceptors (Lipinski definition) is 36. The van der Waals surface area contributed by atoms with E-state index in [0.29, 0.717) is 77.0 Å². The average molecular weight is 1780 g/mol. The van der Waals surface area contributed by atoms with Crippen LogP contribution < -0.4 is 81.0 Å². The summed E-state index contributed by atoms with van der Waals surface area (Å²) in [6.45, 7) is 0.981. The summed E-state index contributed by atoms with van der Waals surface area (Å²) in [7, 11) is 3.22. The SMILES string of the molecule is COC(=O)C1=C[C@H](NC(=N)N)[C@@H](NC(C)=O)[C@H]([C@@H](OC(=O)NCCCCCCNC(=O)CN(CCN(CC(=O)O)CC(=O)NCCCCCCNC(=O)OC([C@H]2OC(C(=O)OC)=C[C@H](NC(=N)N)[C@@H]2NC(C)=O)[C@H]2COC(=O)O2)CC(=O)NCCCCCCNC(=O)OC([C@H]2OC(C(=O)OC)=C[C@H](NC(=N)N)[C@@H]2NC(C)=O)[C@H]2COC(=O)O2)[C@H]2COC(=O)O2)O1. The number of aliphatic carboxylic acids is 1. The summed E-state index contributed by atoms with van der Waals surface area (Å²) in [6, 6.07) is -6.89. The highest BCUT2D eigenvalue weighted by Crippen LogP contribution is 2.32. The molecule has 0 aromatic carbocycles. The maximum Gasteiger partial charge on any atom is 0.508 e. The summed E-state index contributed by atoms with van der Waals surface area (Å²) >= 11 is 0. The molecule has 0 bridgehead atoms. The number of methoxy groups -OCH3 is 3. The number of hydrogen-bond donors (Lipinski definition) is 19. The topological polar surface area (TPSA) is 732 Å². The summed E-state index contributed by atoms with van der Waals surface area (Å²) in [4.78, 5) is 208. The van der Waals surface area contributed by atoms with Crippen LogP contribution >= 0.6 is 0 Å². The molecule has 6 rings (SSSR count). The van der Waals surface area contributed by atoms with Crippen LogP contribution in [0.1, 0.15) is 97.8 Å². The molecule has 2 unspecified atom stereocenters. The molecule has 0 saturated carbocycles. The fourth-order valence-corrected chi connectivity index (χ4v) is 13.6. The van der Waals surface area contributed by atoms with Gasteiger partial charge in [-0.3, -0.25) is 59.6 Å². The summed E-state index contributed by atoms with van der Waals surface area (Å²) in [5.74, 6) is -10.5. The first-order valence-corrected chi connectivity index (χ1v) is 39.9. The Hall–Kier alpha value is -13.3. The molecule has 0 spiro atoms. The minimum atomic E-state index is -1.54. The van der Waals surface area contributed by atoms with Crippen LogP contribution in [0.3, 0.4) is 0 Å². The summed E-state index contributed by atoms with van der Waals surface area (Å²) in [5.41, 5.74) is 16.9. The number of nitrogens with one attached hydrogen (secondary N) is 15. The quantitative estimate of drug-likeness (QED) is 0.00892. The Labute approximate surface area is 715 Å². The van der Waals surface area contributed by atoms with Gasteiger partial charge < -0.3 is 157 Å². The fraction of sp³-hybridized carbons (Fsp3) is 0.658. The molecule has 52 nitrogen and oxygen atoms in total. The first-order valence-electron chi connectivity index (χ1n) is 39.9. The van der Waals surface area contributed by atoms with E-state index in [0.717, 1.165) is 21.3 Å². The Balaban J connectivity index is 1.00. The van der Waals surface area contributed by atoms with Crippen molar-refractivity contribution in [2.45, 2.75) is 189 Å². The Morgan fingerprint density at radius 3 is 0.856 bits per heavy atom. The van der Waals surface area contributed by atoms with Crippen LogP contribution in [0.5, 0.6) is 0 Å². The van der Waals surface area contributed by atoms with Crippen LogP contribution in [0.4, 0.5) is 28.8 Å². The maximum atomic E-state index is 13.6. The molecule has 125 heavy (non-hydrogen) atoms. The number of alkyl carbamates (subject to hydrolysis) is 3. The molecule has 0 aliphatic carbocycles. The normalized spacial score (nSPS) is 22.2. The molecule has 0 aromatic rings. The monoisotopic (exact) mass is 1780 g/mol. The smallest absolute Gasteiger partial charge is 0.480 e. The van der Waals surface area contributed by atoms with Crippen LogP contribution in [0, 0.1) is 16.2 Å². The van der Waals surface area contributed by atoms with Crippen LogP contribution in [-0.2, 0) is 119 Å². The number of nitrogens with zero attached hydrogens (tertiary/aromatic N) is 2. The van der Waals surface area contributed by atoms with Gasteiger partial charge in [-0.05, 0) is 56.8 Å². The number of carboxylic acid groups (broad SMARTS) is 1. The first kappa shape index (κ1) is 100. The van der Waals surface area contributed by atoms with Gasteiger partial charge in [0.25, 0.3) is 0 Å². The number of guanidine groups is 3. The molecule has 9 amide bonds. The lowest BCUT2D eigenvalue weighted by Crippen LogP contribution is -2.64. The van der Waals surface area contributed by atoms with E-state index in [9.17, 15) is 81.8 Å². The molecule has 0 aromatic heterocycles. The van der Waals surface area contributed by atoms with E-state index in [1.807, 2.05) is 0 Å². The van der Waals surface area contributed by atoms with Gasteiger partial charge in [0, 0.05) is 73.1 Å². The number of rotatable bonds is 50. The molecule has 52 heteroatoms. The van der Waals surface area contributed by atoms with Crippen molar-refractivity contribution in [1.82, 2.24) is 73.6 Å². The number of ether oxygens (including phenoxy) is 15. The minimum absolute atomic E-state index is 0.0512. The second-order valence-electron chi connectivity index (χ2n) is 28.9. The van der Waals surface area contributed by atoms with E-state index >= 15 is 0 Å². The third-order valence-electron chi connectivity index (χ3n) is 19.2. The standard InChI is InChI=1S/C73H112N20O32/c1-37(94)86-53-40(89-65(74)75)27-43(62(102)111-4)117-59(53)56(46-34-114-71(108)120-46)123-68(105)83-22-16-10-7-13-19-80-49(97)30-92(31-50(98)81-20-14-8-11-17-23-84-69(106)124-57(47-35-115-72(109)121-47)60-54(87-38(2)95)41(90-66(76)77)28-44(118-60)63(103)112-5)25-26-93(33-52(100)101)32-51(99)82-21-15-9-12-18-24-85-70(107)125-58(48-36-116-73(110)122-48)61-55(88-39(3)96)42(91-67(78)79)29-45(119-61)64(104)113-6/h27-29,40-42,46-48,53-61H,7-26,30-36H2,1-6H3,(H,80,97)(H,81,98)(H,82,99)(H,83,105)(H,84,106)(H,85,107)(H,86,94)(H,87,95)(H,88,96)(H,100,101)(H4,74,75,89)(H4,76,77,90)(H4,78,79,91)/t40-,41-,42-,46+,47+,48+,53-,54+,55-,56?,57-,58?,59-,60+,61-/m0/s1. The molecule has 22 N–H and O–H groups in total. The molecule has 6 heterocycles. The Morgan fingerprint density at radius 2 is 0.640 bits per heavy atom. The molecular formula is C73H112N20O32. The van der Waals surface area contributed by atoms with E-state index in [1.165, 1.54) is 48.8 Å². The van der Waals surface area contributed by atoms with Crippen molar-refractivity contribution < 1.29 is 153 Å². The molecule has 6 aliphatic heterocycles. The zero-order valence-electron chi connectivity index (χ0n) is 69.7. The first-order chi connectivity index (χ1) is 59.5. The number of carboxylic acids is 1. The lowest BCUT2D eigenvalue weighted by Gasteiger charge is -2.41. The summed E-state index contributed by atoms with van der Waals surface area (Å²) in [5, 5.41) is 65.3. The second-order valence-corrected chi connectivity index (χ2v) is 28.9. The summed E-state index contributed by atoms with van der Waals surface area (Å²) < 4.78 is 80.0. The van der Waals surface area contributed by atoms with Gasteiger partial charge in [-0.15, -0.1) is 0 Å². The van der Waals surface area contributed by atoms with Gasteiger partial charge in [-0.25, -0.2) is 43.2 Å². The van der Waals surface area contributed by atoms with Crippen molar-refractivity contribution in [3.05, 3.63) is 35.5 Å². The molecule has 6 aliphatic rings. The maximum absolute atomic E-state index is 13.6. The zero-order chi connectivity index (χ0) is 91.8. The van der Waals surface area contributed by atoms with Crippen molar-refractivity contribution in [2.75, 3.05) is 120 Å². The average Bonchev–Trinajstić information content (AvgIpc) is 1.78. The lowest BCUT2D eigenvalue weighted by atomic mass is 9.91. The van der Waals surface area contributed by atoms with Gasteiger partial charge in [0.1, 0.15) is 19.8 Å². The van der Waals surface area contributed by atoms with E-state index in [1.54, 1.807) is 0 Å². The van der Waals surface area contributed by atoms with Crippen molar-refractivity contribution >= 4 is 114 Å². The van der Waals surface area contributed by atoms with Crippen molar-refractivity contribution in [3.63, 3.8) is 0 Å². The molecule has 696 valence electrons. The van der Waals surface area contributed by atoms with Crippen LogP contribution in [0.15, 0.2) is 35.5 Å². The molecule has 3 saturated heterocycles. The van der Waals surface area contributed by atoms with Crippen molar-refractivity contribution in [3.8, 4) is 0 Å². The van der Waals surface area contributed by atoms with E-state index < -0.39 is 255 Å². The van der Waals surface area contributed by atoms with E-state index in [2.05, 4.69) is 63.8 Å². The number of esters is 3. The number of nitrogens with two attached hydrogens (primary N) is 3. The third kappa shape index (κ3) is 34.8. The minimum Gasteiger partial charge on any atom is -0.480 e. The predicted octanol–water partition coefficient (Wildman–Crippen LogP) is -4.97. The lowest BCUT2D eigenvalue weighted by molar-refractivity contribution is -0.148. The van der Waals surface area contributed by atoms with Gasteiger partial charge >= 0.3 is 60.6 Å². The summed E-state index contributed by atoms with van der Waals surface area (Å²) in [6.07, 6.45) is -10.0. The largest absolute Gasteiger partial charge is 0.508 e. The van der Waals surface area contributed by atoms with E-state index in [-0.39, 0.29) is 65.4 Å². The number of amides is 9. The number of carbonyl (C=O) groups excluding carboxylic acids is 15. The second kappa shape index (κ2) is 51.6. The molecule has 15 atom stereocenters. The predicted molar refractivity (Wildman–Crippen MR) is 423 cm³/mol. The highest BCUT2D eigenvalue weighted by Gasteiger charge is 2.54. The highest BCUT2D eigenvalue weighted by atomic mass is 16.8. The Kier molecular flexibility index (Phi) is 41.4. The molecule has 3 fully saturated rings. The van der Waals surface area contributed by atoms with Gasteiger partial charge in [0.2, 0.25) is 52.7 Å². The zero-order valence-corrected chi connectivity index (χ0v) is 69.7. The van der Waals surface area contributed by atoms with Gasteiger partial charge in [0.15, 0.2) is 72.8 Å². The molecule has 0 radical (unpaired) electrons. The van der Waals surface area contributed by atoms with E-state index in [4.69, 9.17) is 104 Å². The van der Waals surface area contributed by atoms with Crippen LogP contribution in [0.25, 0.3) is 0 Å². The van der Waals surface area contributed by atoms with Crippen LogP contribution in [0.2, 0.25) is 0 Å². The van der Waals surface area contributed by atoms with Gasteiger partial charge in [-0.2, -0.15) is 0 Å². The van der Waals surface area contributed by atoms with Gasteiger partial charge in [-0.1, -0.05) is 38.5 Å². The van der Waals surface area contributed by atoms with Crippen molar-refractivity contribution in [1.29, 1.82) is 16.2 Å². The number of cyclic esters (lactones) is 6. The Bertz CT molecular complexity index is 3780. The molecular weight excluding hydrogens is 1670 g/mol. The number of unbranched alkanes of at least 4 members (excludes halogenated alkanes) is 9. The highest BCUT2D eigenvalue weighted by molar-refractivity contribution is 5.89. The van der Waals surface area contributed by atoms with Crippen molar-refractivity contribution in [2.24, 2.45) is 17.2 Å². The van der Waals surface area contributed by atoms with Gasteiger partial charge in [0.05, 0.1) is 83.8 Å². The Morgan fingerprint density at radius 1 is 0.392 bits per heavy atom. The fourth-order valence-electron chi connectivity index (χ4n) is 13.6.